The van der Waals surface area contributed by atoms with Crippen molar-refractivity contribution in [3.63, 3.8) is 0 Å². The van der Waals surface area contributed by atoms with Crippen LogP contribution in [0, 0.1) is 5.13 Å². The molecule has 0 saturated heterocycles. The molecule has 24 heavy (non-hydrogen) atoms. The molecule has 1 aliphatic carbocycles. The number of alkyl halides is 3. The van der Waals surface area contributed by atoms with Gasteiger partial charge in [0.15, 0.2) is 10.8 Å². The highest BCUT2D eigenvalue weighted by Crippen LogP contribution is 2.42. The average molecular weight is 360 g/mol. The molecule has 128 valence electrons. The Morgan fingerprint density at radius 3 is 2.79 bits per heavy atom. The maximum Gasteiger partial charge on any atom is 0.435 e. The fourth-order valence-corrected chi connectivity index (χ4v) is 2.74. The van der Waals surface area contributed by atoms with Gasteiger partial charge in [0, 0.05) is 11.6 Å². The van der Waals surface area contributed by atoms with Crippen LogP contribution in [0.3, 0.4) is 0 Å². The van der Waals surface area contributed by atoms with Crippen molar-refractivity contribution in [2.24, 2.45) is 5.10 Å². The van der Waals surface area contributed by atoms with Crippen molar-refractivity contribution < 1.29 is 22.4 Å². The topological polar surface area (TPSA) is 59.3 Å². The van der Waals surface area contributed by atoms with Crippen molar-refractivity contribution in [2.45, 2.75) is 31.5 Å². The van der Waals surface area contributed by atoms with Gasteiger partial charge < -0.3 is 0 Å². The molecule has 1 saturated carbocycles. The first kappa shape index (κ1) is 16.6. The SMILES string of the molecule is O=C(Cn1nc(C(F)(F)F)cc1C1CC1)N/N=C/c1ccc(F)s1. The second-order valence-electron chi connectivity index (χ2n) is 5.32. The van der Waals surface area contributed by atoms with Crippen LogP contribution in [0.1, 0.15) is 35.0 Å². The minimum absolute atomic E-state index is 0.0130. The van der Waals surface area contributed by atoms with Gasteiger partial charge in [-0.2, -0.15) is 27.8 Å². The zero-order valence-corrected chi connectivity index (χ0v) is 13.0. The van der Waals surface area contributed by atoms with E-state index in [0.29, 0.717) is 10.6 Å². The van der Waals surface area contributed by atoms with Crippen LogP contribution in [-0.2, 0) is 17.5 Å². The Morgan fingerprint density at radius 1 is 1.46 bits per heavy atom. The standard InChI is InChI=1S/C14H12F4N4OS/c15-12-4-3-9(24-12)6-19-20-13(23)7-22-10(8-1-2-8)5-11(21-22)14(16,17)18/h3-6,8H,1-2,7H2,(H,20,23)/b19-6+. The molecule has 0 bridgehead atoms. The van der Waals surface area contributed by atoms with E-state index in [1.807, 2.05) is 0 Å². The summed E-state index contributed by atoms with van der Waals surface area (Å²) in [5, 5.41) is 6.75. The summed E-state index contributed by atoms with van der Waals surface area (Å²) in [7, 11) is 0. The van der Waals surface area contributed by atoms with Crippen LogP contribution in [0.2, 0.25) is 0 Å². The minimum atomic E-state index is -4.55. The Labute approximate surface area is 138 Å². The van der Waals surface area contributed by atoms with E-state index in [1.165, 1.54) is 18.3 Å². The van der Waals surface area contributed by atoms with Gasteiger partial charge in [-0.1, -0.05) is 0 Å². The number of nitrogens with one attached hydrogen (secondary N) is 1. The Kier molecular flexibility index (Phi) is 4.39. The van der Waals surface area contributed by atoms with Crippen LogP contribution in [-0.4, -0.2) is 21.9 Å². The molecular formula is C14H12F4N4OS. The summed E-state index contributed by atoms with van der Waals surface area (Å²) < 4.78 is 52.2. The second-order valence-corrected chi connectivity index (χ2v) is 6.38. The average Bonchev–Trinajstić information content (AvgIpc) is 3.11. The molecule has 2 aromatic rings. The van der Waals surface area contributed by atoms with Gasteiger partial charge in [0.25, 0.3) is 5.91 Å². The molecule has 0 atom stereocenters. The molecular weight excluding hydrogens is 348 g/mol. The van der Waals surface area contributed by atoms with E-state index in [0.717, 1.165) is 34.9 Å². The van der Waals surface area contributed by atoms with Gasteiger partial charge in [-0.15, -0.1) is 11.3 Å². The highest BCUT2D eigenvalue weighted by atomic mass is 32.1. The summed E-state index contributed by atoms with van der Waals surface area (Å²) in [6, 6.07) is 3.74. The fourth-order valence-electron chi connectivity index (χ4n) is 2.14. The first-order valence-electron chi connectivity index (χ1n) is 7.05. The number of rotatable bonds is 5. The number of carbonyl (C=O) groups excluding carboxylic acids is 1. The van der Waals surface area contributed by atoms with Gasteiger partial charge in [0.1, 0.15) is 6.54 Å². The van der Waals surface area contributed by atoms with Crippen LogP contribution in [0.4, 0.5) is 17.6 Å². The van der Waals surface area contributed by atoms with Gasteiger partial charge in [-0.05, 0) is 31.0 Å². The van der Waals surface area contributed by atoms with E-state index in [4.69, 9.17) is 0 Å². The third kappa shape index (κ3) is 3.99. The Hall–Kier alpha value is -2.23. The van der Waals surface area contributed by atoms with Gasteiger partial charge in [-0.25, -0.2) is 5.43 Å². The summed E-state index contributed by atoms with van der Waals surface area (Å²) in [5.41, 5.74) is 1.60. The normalized spacial score (nSPS) is 15.2. The molecule has 1 fully saturated rings. The number of hydrogen-bond donors (Lipinski definition) is 1. The van der Waals surface area contributed by atoms with Gasteiger partial charge in [0.2, 0.25) is 0 Å². The smallest absolute Gasteiger partial charge is 0.271 e. The van der Waals surface area contributed by atoms with Crippen molar-refractivity contribution >= 4 is 23.5 Å². The summed E-state index contributed by atoms with van der Waals surface area (Å²) in [5.74, 6) is -0.596. The van der Waals surface area contributed by atoms with Crippen molar-refractivity contribution in [1.29, 1.82) is 0 Å². The fraction of sp³-hybridized carbons (Fsp3) is 0.357. The highest BCUT2D eigenvalue weighted by molar-refractivity contribution is 7.12. The lowest BCUT2D eigenvalue weighted by Gasteiger charge is -2.05. The van der Waals surface area contributed by atoms with E-state index in [1.54, 1.807) is 0 Å². The molecule has 10 heteroatoms. The maximum atomic E-state index is 12.8. The summed E-state index contributed by atoms with van der Waals surface area (Å²) in [4.78, 5) is 12.3. The summed E-state index contributed by atoms with van der Waals surface area (Å²) >= 11 is 0.854. The van der Waals surface area contributed by atoms with Crippen molar-refractivity contribution in [3.05, 3.63) is 39.6 Å². The molecule has 2 heterocycles. The molecule has 1 aliphatic rings. The van der Waals surface area contributed by atoms with E-state index < -0.39 is 17.8 Å². The van der Waals surface area contributed by atoms with Gasteiger partial charge in [-0.3, -0.25) is 9.48 Å². The zero-order chi connectivity index (χ0) is 17.3. The van der Waals surface area contributed by atoms with Crippen LogP contribution in [0.25, 0.3) is 0 Å². The molecule has 5 nitrogen and oxygen atoms in total. The Bertz CT molecular complexity index is 776. The molecule has 0 spiro atoms. The van der Waals surface area contributed by atoms with E-state index in [2.05, 4.69) is 15.6 Å². The van der Waals surface area contributed by atoms with Crippen LogP contribution in [0.5, 0.6) is 0 Å². The quantitative estimate of drug-likeness (QED) is 0.506. The zero-order valence-electron chi connectivity index (χ0n) is 12.2. The number of hydrazone groups is 1. The lowest BCUT2D eigenvalue weighted by Crippen LogP contribution is -2.25. The number of amides is 1. The van der Waals surface area contributed by atoms with Crippen LogP contribution >= 0.6 is 11.3 Å². The van der Waals surface area contributed by atoms with Crippen molar-refractivity contribution in [3.8, 4) is 0 Å². The molecule has 1 amide bonds. The minimum Gasteiger partial charge on any atom is -0.271 e. The number of halogens is 4. The highest BCUT2D eigenvalue weighted by Gasteiger charge is 2.38. The monoisotopic (exact) mass is 360 g/mol. The lowest BCUT2D eigenvalue weighted by atomic mass is 10.2. The molecule has 0 unspecified atom stereocenters. The number of hydrogen-bond acceptors (Lipinski definition) is 4. The van der Waals surface area contributed by atoms with Gasteiger partial charge >= 0.3 is 6.18 Å². The molecule has 1 N–H and O–H groups in total. The third-order valence-electron chi connectivity index (χ3n) is 3.37. The van der Waals surface area contributed by atoms with Crippen LogP contribution < -0.4 is 5.43 Å². The number of aromatic nitrogens is 2. The predicted octanol–water partition coefficient (Wildman–Crippen LogP) is 3.13. The molecule has 2 aromatic heterocycles. The summed E-state index contributed by atoms with van der Waals surface area (Å²) in [6.07, 6.45) is -1.72. The van der Waals surface area contributed by atoms with Crippen molar-refractivity contribution in [2.75, 3.05) is 0 Å². The Morgan fingerprint density at radius 2 is 2.21 bits per heavy atom. The largest absolute Gasteiger partial charge is 0.435 e. The number of carbonyl (C=O) groups is 1. The van der Waals surface area contributed by atoms with Crippen LogP contribution in [0.15, 0.2) is 23.3 Å². The third-order valence-corrected chi connectivity index (χ3v) is 4.17. The van der Waals surface area contributed by atoms with E-state index in [-0.39, 0.29) is 17.6 Å². The molecule has 0 radical (unpaired) electrons. The predicted molar refractivity (Wildman–Crippen MR) is 79.2 cm³/mol. The van der Waals surface area contributed by atoms with Gasteiger partial charge in [0.05, 0.1) is 11.1 Å². The van der Waals surface area contributed by atoms with Crippen molar-refractivity contribution in [1.82, 2.24) is 15.2 Å². The molecule has 0 aliphatic heterocycles. The maximum absolute atomic E-state index is 12.8. The lowest BCUT2D eigenvalue weighted by molar-refractivity contribution is -0.141. The molecule has 0 aromatic carbocycles. The van der Waals surface area contributed by atoms with E-state index in [9.17, 15) is 22.4 Å². The summed E-state index contributed by atoms with van der Waals surface area (Å²) in [6.45, 7) is -0.363. The Balaban J connectivity index is 1.65. The number of nitrogens with zero attached hydrogens (tertiary/aromatic N) is 3. The second kappa shape index (κ2) is 6.34. The first-order valence-corrected chi connectivity index (χ1v) is 7.87. The molecule has 3 rings (SSSR count). The first-order chi connectivity index (χ1) is 11.3. The van der Waals surface area contributed by atoms with E-state index >= 15 is 0 Å². The number of thiophene rings is 1.